The van der Waals surface area contributed by atoms with Crippen LogP contribution in [0.5, 0.6) is 5.75 Å². The van der Waals surface area contributed by atoms with Gasteiger partial charge in [-0.05, 0) is 26.2 Å². The summed E-state index contributed by atoms with van der Waals surface area (Å²) in [5, 5.41) is 31.6. The van der Waals surface area contributed by atoms with Crippen LogP contribution < -0.4 is 10.1 Å². The number of ether oxygens (including phenoxy) is 1. The molecule has 0 bridgehead atoms. The van der Waals surface area contributed by atoms with Gasteiger partial charge < -0.3 is 25.2 Å². The van der Waals surface area contributed by atoms with Crippen LogP contribution >= 0.6 is 11.3 Å². The van der Waals surface area contributed by atoms with Gasteiger partial charge in [-0.2, -0.15) is 0 Å². The van der Waals surface area contributed by atoms with E-state index in [-0.39, 0.29) is 24.8 Å². The molecule has 0 saturated heterocycles. The number of aliphatic hydroxyl groups is 2. The third-order valence-electron chi connectivity index (χ3n) is 4.90. The van der Waals surface area contributed by atoms with Crippen molar-refractivity contribution >= 4 is 17.2 Å². The van der Waals surface area contributed by atoms with Gasteiger partial charge in [0.05, 0.1) is 12.7 Å². The number of likely N-dealkylation sites (N-methyl/N-ethyl adjacent to an activating group) is 1. The number of thiazole rings is 1. The number of aromatic nitrogens is 4. The number of amides is 1. The van der Waals surface area contributed by atoms with Crippen molar-refractivity contribution in [2.75, 3.05) is 47.5 Å². The van der Waals surface area contributed by atoms with Crippen molar-refractivity contribution in [3.05, 3.63) is 40.2 Å². The molecule has 2 aromatic heterocycles. The molecule has 0 saturated carbocycles. The molecule has 0 aliphatic heterocycles. The van der Waals surface area contributed by atoms with Crippen LogP contribution in [0, 0.1) is 11.7 Å². The minimum Gasteiger partial charge on any atom is -0.496 e. The first-order chi connectivity index (χ1) is 15.9. The summed E-state index contributed by atoms with van der Waals surface area (Å²) < 4.78 is 20.8. The average Bonchev–Trinajstić information content (AvgIpc) is 3.45. The molecule has 2 heterocycles. The summed E-state index contributed by atoms with van der Waals surface area (Å²) in [5.41, 5.74) is 0.537. The number of aliphatic hydroxyl groups excluding tert-OH is 2. The van der Waals surface area contributed by atoms with Crippen molar-refractivity contribution < 1.29 is 24.1 Å². The first kappa shape index (κ1) is 24.7. The van der Waals surface area contributed by atoms with Crippen molar-refractivity contribution in [2.24, 2.45) is 5.92 Å². The van der Waals surface area contributed by atoms with Gasteiger partial charge in [0, 0.05) is 50.1 Å². The highest BCUT2D eigenvalue weighted by Crippen LogP contribution is 2.32. The predicted octanol–water partition coefficient (Wildman–Crippen LogP) is 0.973. The summed E-state index contributed by atoms with van der Waals surface area (Å²) in [6.45, 7) is 0.358. The van der Waals surface area contributed by atoms with E-state index in [0.717, 1.165) is 11.3 Å². The second-order valence-corrected chi connectivity index (χ2v) is 8.48. The Bertz CT molecular complexity index is 1080. The minimum atomic E-state index is -0.443. The molecule has 0 unspecified atom stereocenters. The zero-order valence-electron chi connectivity index (χ0n) is 18.7. The van der Waals surface area contributed by atoms with Crippen LogP contribution in [0.2, 0.25) is 0 Å². The lowest BCUT2D eigenvalue weighted by Crippen LogP contribution is -2.32. The smallest absolute Gasteiger partial charge is 0.280 e. The van der Waals surface area contributed by atoms with E-state index in [2.05, 4.69) is 20.5 Å². The third kappa shape index (κ3) is 5.90. The fourth-order valence-corrected chi connectivity index (χ4v) is 3.74. The normalized spacial score (nSPS) is 11.4. The zero-order chi connectivity index (χ0) is 24.0. The molecule has 33 heavy (non-hydrogen) atoms. The van der Waals surface area contributed by atoms with Crippen LogP contribution in [0.15, 0.2) is 23.6 Å². The monoisotopic (exact) mass is 478 g/mol. The largest absolute Gasteiger partial charge is 0.496 e. The van der Waals surface area contributed by atoms with E-state index in [1.807, 2.05) is 19.0 Å². The van der Waals surface area contributed by atoms with E-state index in [0.29, 0.717) is 41.7 Å². The Labute approximate surface area is 194 Å². The van der Waals surface area contributed by atoms with Crippen molar-refractivity contribution in [1.82, 2.24) is 30.0 Å². The van der Waals surface area contributed by atoms with Gasteiger partial charge in [-0.3, -0.25) is 9.36 Å². The van der Waals surface area contributed by atoms with E-state index >= 15 is 0 Å². The second-order valence-electron chi connectivity index (χ2n) is 7.63. The third-order valence-corrected chi connectivity index (χ3v) is 5.73. The zero-order valence-corrected chi connectivity index (χ0v) is 19.5. The Morgan fingerprint density at radius 2 is 2.06 bits per heavy atom. The fourth-order valence-electron chi connectivity index (χ4n) is 3.04. The molecule has 1 amide bonds. The van der Waals surface area contributed by atoms with Gasteiger partial charge in [0.15, 0.2) is 16.6 Å². The van der Waals surface area contributed by atoms with Gasteiger partial charge in [0.2, 0.25) is 0 Å². The van der Waals surface area contributed by atoms with E-state index in [1.165, 1.54) is 19.2 Å². The molecule has 0 spiro atoms. The van der Waals surface area contributed by atoms with E-state index in [9.17, 15) is 19.4 Å². The number of nitrogens with zero attached hydrogens (tertiary/aromatic N) is 5. The molecule has 0 atom stereocenters. The summed E-state index contributed by atoms with van der Waals surface area (Å²) in [6.07, 6.45) is 0.567. The Hall–Kier alpha value is -2.93. The predicted molar refractivity (Wildman–Crippen MR) is 121 cm³/mol. The topological polar surface area (TPSA) is 126 Å². The number of rotatable bonds is 11. The summed E-state index contributed by atoms with van der Waals surface area (Å²) in [6, 6.07) is 4.15. The molecular formula is C21H27FN6O4S. The lowest BCUT2D eigenvalue weighted by molar-refractivity contribution is 0.0921. The molecule has 0 aliphatic carbocycles. The van der Waals surface area contributed by atoms with Crippen LogP contribution in [0.4, 0.5) is 4.39 Å². The molecule has 0 aliphatic rings. The molecule has 0 radical (unpaired) electrons. The highest BCUT2D eigenvalue weighted by Gasteiger charge is 2.22. The van der Waals surface area contributed by atoms with Crippen LogP contribution in [-0.2, 0) is 6.42 Å². The van der Waals surface area contributed by atoms with Gasteiger partial charge in [0.1, 0.15) is 17.4 Å². The number of hydrogen-bond donors (Lipinski definition) is 3. The number of carbonyl (C=O) groups is 1. The standard InChI is InChI=1S/C21H27FN6O4S/c1-27(2)7-6-17-25-26-19(15-5-4-14(22)8-16(15)32-3)28(17)18-12-33-21(24-18)20(31)23-9-13(10-29)11-30/h4-5,8,12-13,29-30H,6-7,9-11H2,1-3H3,(H,23,31). The van der Waals surface area contributed by atoms with E-state index in [1.54, 1.807) is 16.0 Å². The van der Waals surface area contributed by atoms with Crippen LogP contribution in [0.3, 0.4) is 0 Å². The number of hydrogen-bond acceptors (Lipinski definition) is 9. The SMILES string of the molecule is COc1cc(F)ccc1-c1nnc(CCN(C)C)n1-c1csc(C(=O)NCC(CO)CO)n1. The van der Waals surface area contributed by atoms with Gasteiger partial charge in [-0.1, -0.05) is 0 Å². The molecule has 3 aromatic rings. The summed E-state index contributed by atoms with van der Waals surface area (Å²) in [7, 11) is 5.34. The minimum absolute atomic E-state index is 0.124. The number of methoxy groups -OCH3 is 1. The maximum absolute atomic E-state index is 13.7. The van der Waals surface area contributed by atoms with Gasteiger partial charge >= 0.3 is 0 Å². The van der Waals surface area contributed by atoms with Crippen LogP contribution in [-0.4, -0.2) is 88.3 Å². The van der Waals surface area contributed by atoms with Gasteiger partial charge in [-0.25, -0.2) is 9.37 Å². The lowest BCUT2D eigenvalue weighted by atomic mass is 10.2. The van der Waals surface area contributed by atoms with Crippen molar-refractivity contribution in [1.29, 1.82) is 0 Å². The molecule has 178 valence electrons. The lowest BCUT2D eigenvalue weighted by Gasteiger charge is -2.12. The van der Waals surface area contributed by atoms with Gasteiger partial charge in [-0.15, -0.1) is 21.5 Å². The molecule has 3 rings (SSSR count). The van der Waals surface area contributed by atoms with Crippen LogP contribution in [0.1, 0.15) is 15.6 Å². The van der Waals surface area contributed by atoms with Crippen LogP contribution in [0.25, 0.3) is 17.2 Å². The average molecular weight is 479 g/mol. The maximum Gasteiger partial charge on any atom is 0.280 e. The Morgan fingerprint density at radius 3 is 2.73 bits per heavy atom. The molecule has 3 N–H and O–H groups in total. The van der Waals surface area contributed by atoms with Gasteiger partial charge in [0.25, 0.3) is 5.91 Å². The van der Waals surface area contributed by atoms with Crippen molar-refractivity contribution in [3.8, 4) is 23.0 Å². The molecule has 10 nitrogen and oxygen atoms in total. The molecule has 0 fully saturated rings. The molecule has 1 aromatic carbocycles. The van der Waals surface area contributed by atoms with E-state index in [4.69, 9.17) is 4.74 Å². The van der Waals surface area contributed by atoms with Crippen molar-refractivity contribution in [3.63, 3.8) is 0 Å². The summed E-state index contributed by atoms with van der Waals surface area (Å²) >= 11 is 1.15. The van der Waals surface area contributed by atoms with E-state index < -0.39 is 17.6 Å². The second kappa shape index (κ2) is 11.3. The summed E-state index contributed by atoms with van der Waals surface area (Å²) in [4.78, 5) is 19.0. The Morgan fingerprint density at radius 1 is 1.30 bits per heavy atom. The maximum atomic E-state index is 13.7. The number of carbonyl (C=O) groups excluding carboxylic acids is 1. The highest BCUT2D eigenvalue weighted by molar-refractivity contribution is 7.11. The molecule has 12 heteroatoms. The summed E-state index contributed by atoms with van der Waals surface area (Å²) in [5.74, 6) is 0.497. The first-order valence-electron chi connectivity index (χ1n) is 10.3. The number of benzene rings is 1. The Kier molecular flexibility index (Phi) is 8.44. The fraction of sp³-hybridized carbons (Fsp3) is 0.429. The number of halogens is 1. The highest BCUT2D eigenvalue weighted by atomic mass is 32.1. The first-order valence-corrected chi connectivity index (χ1v) is 11.1. The quantitative estimate of drug-likeness (QED) is 0.372. The van der Waals surface area contributed by atoms with Crippen molar-refractivity contribution in [2.45, 2.75) is 6.42 Å². The molecular weight excluding hydrogens is 451 g/mol. The number of nitrogens with one attached hydrogen (secondary N) is 1. The Balaban J connectivity index is 1.98.